The lowest BCUT2D eigenvalue weighted by atomic mass is 9.95. The van der Waals surface area contributed by atoms with Crippen molar-refractivity contribution in [2.45, 2.75) is 0 Å². The van der Waals surface area contributed by atoms with E-state index in [9.17, 15) is 0 Å². The molecule has 5 heteroatoms. The minimum absolute atomic E-state index is 0.644. The van der Waals surface area contributed by atoms with E-state index in [-0.39, 0.29) is 0 Å². The standard InChI is InChI=1S/C55H36N4S/c1-5-15-37(16-6-1)38-29-31-46(32-30-38)59(45-21-11-4-12-22-45)47-35-49(52-48-23-13-14-24-50(48)60-51(52)36-47)43-27-25-42-34-44(28-26-41(42)33-43)55-57-53(39-17-7-2-8-18-39)56-54(58-55)40-19-9-3-10-20-40/h1-36H. The van der Waals surface area contributed by atoms with Crippen LogP contribution in [0.25, 0.3) is 87.4 Å². The summed E-state index contributed by atoms with van der Waals surface area (Å²) in [5.74, 6) is 1.95. The Morgan fingerprint density at radius 3 is 1.42 bits per heavy atom. The van der Waals surface area contributed by atoms with Crippen molar-refractivity contribution in [3.63, 3.8) is 0 Å². The maximum Gasteiger partial charge on any atom is 0.164 e. The van der Waals surface area contributed by atoms with Gasteiger partial charge in [0, 0.05) is 53.9 Å². The first-order chi connectivity index (χ1) is 29.7. The highest BCUT2D eigenvalue weighted by atomic mass is 32.1. The molecule has 0 aliphatic rings. The van der Waals surface area contributed by atoms with Gasteiger partial charge in [0.1, 0.15) is 0 Å². The number of anilines is 3. The molecular weight excluding hydrogens is 749 g/mol. The van der Waals surface area contributed by atoms with E-state index < -0.39 is 0 Å². The molecule has 2 aromatic heterocycles. The molecule has 0 saturated carbocycles. The third-order valence-electron chi connectivity index (χ3n) is 11.1. The Kier molecular flexibility index (Phi) is 8.99. The normalized spacial score (nSPS) is 11.3. The summed E-state index contributed by atoms with van der Waals surface area (Å²) in [6, 6.07) is 77.2. The number of thiophene rings is 1. The van der Waals surface area contributed by atoms with Crippen molar-refractivity contribution in [1.29, 1.82) is 0 Å². The highest BCUT2D eigenvalue weighted by Gasteiger charge is 2.20. The fraction of sp³-hybridized carbons (Fsp3) is 0. The zero-order valence-electron chi connectivity index (χ0n) is 32.5. The average Bonchev–Trinajstić information content (AvgIpc) is 3.71. The molecule has 4 nitrogen and oxygen atoms in total. The second-order valence-electron chi connectivity index (χ2n) is 14.9. The van der Waals surface area contributed by atoms with Crippen LogP contribution in [0.3, 0.4) is 0 Å². The highest BCUT2D eigenvalue weighted by Crippen LogP contribution is 2.46. The van der Waals surface area contributed by atoms with Crippen molar-refractivity contribution in [2.75, 3.05) is 4.90 Å². The van der Waals surface area contributed by atoms with Gasteiger partial charge in [-0.15, -0.1) is 11.3 Å². The Balaban J connectivity index is 1.04. The maximum atomic E-state index is 5.00. The lowest BCUT2D eigenvalue weighted by Gasteiger charge is -2.26. The molecule has 11 aromatic rings. The number of hydrogen-bond acceptors (Lipinski definition) is 5. The van der Waals surface area contributed by atoms with Crippen molar-refractivity contribution in [1.82, 2.24) is 15.0 Å². The lowest BCUT2D eigenvalue weighted by molar-refractivity contribution is 1.07. The molecular formula is C55H36N4S. The number of nitrogens with zero attached hydrogens (tertiary/aromatic N) is 4. The minimum atomic E-state index is 0.644. The molecule has 9 aromatic carbocycles. The second kappa shape index (κ2) is 15.2. The summed E-state index contributed by atoms with van der Waals surface area (Å²) in [5.41, 5.74) is 10.9. The monoisotopic (exact) mass is 784 g/mol. The van der Waals surface area contributed by atoms with Gasteiger partial charge in [-0.05, 0) is 87.6 Å². The lowest BCUT2D eigenvalue weighted by Crippen LogP contribution is -2.10. The number of fused-ring (bicyclic) bond motifs is 4. The molecule has 11 rings (SSSR count). The quantitative estimate of drug-likeness (QED) is 0.154. The number of para-hydroxylation sites is 1. The highest BCUT2D eigenvalue weighted by molar-refractivity contribution is 7.26. The van der Waals surface area contributed by atoms with Crippen LogP contribution >= 0.6 is 11.3 Å². The molecule has 60 heavy (non-hydrogen) atoms. The SMILES string of the molecule is c1ccc(-c2ccc(N(c3ccccc3)c3cc(-c4ccc5cc(-c6nc(-c7ccccc7)nc(-c7ccccc7)n6)ccc5c4)c4c(c3)sc3ccccc34)cc2)cc1. The van der Waals surface area contributed by atoms with Crippen LogP contribution in [-0.4, -0.2) is 15.0 Å². The Labute approximate surface area is 352 Å². The molecule has 0 bridgehead atoms. The molecule has 0 spiro atoms. The van der Waals surface area contributed by atoms with Gasteiger partial charge in [-0.2, -0.15) is 0 Å². The van der Waals surface area contributed by atoms with Gasteiger partial charge in [0.2, 0.25) is 0 Å². The fourth-order valence-corrected chi connectivity index (χ4v) is 9.31. The Morgan fingerprint density at radius 1 is 0.317 bits per heavy atom. The van der Waals surface area contributed by atoms with Crippen LogP contribution in [0.1, 0.15) is 0 Å². The molecule has 0 amide bonds. The number of rotatable bonds is 8. The molecule has 0 saturated heterocycles. The molecule has 0 N–H and O–H groups in total. The number of benzene rings is 9. The van der Waals surface area contributed by atoms with Gasteiger partial charge in [-0.1, -0.05) is 164 Å². The van der Waals surface area contributed by atoms with Gasteiger partial charge in [-0.3, -0.25) is 0 Å². The zero-order valence-corrected chi connectivity index (χ0v) is 33.3. The van der Waals surface area contributed by atoms with E-state index in [4.69, 9.17) is 15.0 Å². The van der Waals surface area contributed by atoms with Crippen LogP contribution in [0.2, 0.25) is 0 Å². The first-order valence-corrected chi connectivity index (χ1v) is 20.9. The van der Waals surface area contributed by atoms with Crippen LogP contribution in [0, 0.1) is 0 Å². The number of hydrogen-bond donors (Lipinski definition) is 0. The molecule has 282 valence electrons. The van der Waals surface area contributed by atoms with Crippen molar-refractivity contribution >= 4 is 59.3 Å². The van der Waals surface area contributed by atoms with E-state index in [1.807, 2.05) is 72.0 Å². The number of aromatic nitrogens is 3. The Morgan fingerprint density at radius 2 is 0.783 bits per heavy atom. The van der Waals surface area contributed by atoms with E-state index in [0.717, 1.165) is 50.1 Å². The van der Waals surface area contributed by atoms with E-state index in [1.165, 1.54) is 36.9 Å². The summed E-state index contributed by atoms with van der Waals surface area (Å²) in [6.07, 6.45) is 0. The molecule has 0 aliphatic carbocycles. The van der Waals surface area contributed by atoms with Crippen molar-refractivity contribution in [3.05, 3.63) is 218 Å². The van der Waals surface area contributed by atoms with E-state index in [0.29, 0.717) is 17.5 Å². The Bertz CT molecular complexity index is 3240. The molecule has 0 aliphatic heterocycles. The van der Waals surface area contributed by atoms with E-state index in [2.05, 4.69) is 163 Å². The molecule has 0 atom stereocenters. The van der Waals surface area contributed by atoms with Crippen molar-refractivity contribution in [2.24, 2.45) is 0 Å². The van der Waals surface area contributed by atoms with Gasteiger partial charge in [0.25, 0.3) is 0 Å². The third kappa shape index (κ3) is 6.67. The van der Waals surface area contributed by atoms with Crippen LogP contribution in [0.15, 0.2) is 218 Å². The summed E-state index contributed by atoms with van der Waals surface area (Å²) in [7, 11) is 0. The summed E-state index contributed by atoms with van der Waals surface area (Å²) < 4.78 is 2.52. The van der Waals surface area contributed by atoms with E-state index in [1.54, 1.807) is 0 Å². The smallest absolute Gasteiger partial charge is 0.164 e. The predicted molar refractivity (Wildman–Crippen MR) is 252 cm³/mol. The van der Waals surface area contributed by atoms with Crippen molar-refractivity contribution < 1.29 is 0 Å². The van der Waals surface area contributed by atoms with Crippen LogP contribution in [-0.2, 0) is 0 Å². The molecule has 2 heterocycles. The largest absolute Gasteiger partial charge is 0.310 e. The Hall–Kier alpha value is -7.73. The summed E-state index contributed by atoms with van der Waals surface area (Å²) >= 11 is 1.85. The van der Waals surface area contributed by atoms with Gasteiger partial charge in [0.05, 0.1) is 0 Å². The second-order valence-corrected chi connectivity index (χ2v) is 15.9. The maximum absolute atomic E-state index is 5.00. The van der Waals surface area contributed by atoms with Crippen LogP contribution in [0.4, 0.5) is 17.1 Å². The summed E-state index contributed by atoms with van der Waals surface area (Å²) in [6.45, 7) is 0. The van der Waals surface area contributed by atoms with Crippen LogP contribution in [0.5, 0.6) is 0 Å². The zero-order chi connectivity index (χ0) is 39.8. The first-order valence-electron chi connectivity index (χ1n) is 20.1. The fourth-order valence-electron chi connectivity index (χ4n) is 8.14. The minimum Gasteiger partial charge on any atom is -0.310 e. The van der Waals surface area contributed by atoms with Gasteiger partial charge in [0.15, 0.2) is 17.5 Å². The average molecular weight is 785 g/mol. The predicted octanol–water partition coefficient (Wildman–Crippen LogP) is 15.2. The van der Waals surface area contributed by atoms with Gasteiger partial charge >= 0.3 is 0 Å². The van der Waals surface area contributed by atoms with Gasteiger partial charge in [-0.25, -0.2) is 15.0 Å². The topological polar surface area (TPSA) is 41.9 Å². The molecule has 0 unspecified atom stereocenters. The van der Waals surface area contributed by atoms with E-state index >= 15 is 0 Å². The molecule has 0 fully saturated rings. The van der Waals surface area contributed by atoms with Crippen LogP contribution < -0.4 is 4.90 Å². The third-order valence-corrected chi connectivity index (χ3v) is 12.2. The van der Waals surface area contributed by atoms with Crippen molar-refractivity contribution in [3.8, 4) is 56.4 Å². The molecule has 0 radical (unpaired) electrons. The summed E-state index contributed by atoms with van der Waals surface area (Å²) in [4.78, 5) is 17.3. The van der Waals surface area contributed by atoms with Gasteiger partial charge < -0.3 is 4.90 Å². The first kappa shape index (κ1) is 35.4. The summed E-state index contributed by atoms with van der Waals surface area (Å²) in [5, 5.41) is 4.80.